The molecule has 20 heavy (non-hydrogen) atoms. The molecule has 0 bridgehead atoms. The van der Waals surface area contributed by atoms with Gasteiger partial charge in [-0.25, -0.2) is 9.59 Å². The van der Waals surface area contributed by atoms with Crippen LogP contribution < -0.4 is 0 Å². The van der Waals surface area contributed by atoms with Crippen LogP contribution in [0.3, 0.4) is 0 Å². The summed E-state index contributed by atoms with van der Waals surface area (Å²) in [4.78, 5) is 47.5. The molecule has 0 unspecified atom stereocenters. The number of amides is 4. The summed E-state index contributed by atoms with van der Waals surface area (Å²) < 4.78 is 0. The van der Waals surface area contributed by atoms with Crippen molar-refractivity contribution in [3.8, 4) is 0 Å². The van der Waals surface area contributed by atoms with E-state index < -0.39 is 23.8 Å². The molecule has 1 N–H and O–H groups in total. The lowest BCUT2D eigenvalue weighted by molar-refractivity contribution is -0.143. The molecule has 1 aliphatic rings. The Bertz CT molecular complexity index is 634. The van der Waals surface area contributed by atoms with Gasteiger partial charge in [-0.3, -0.25) is 19.4 Å². The molecule has 1 aromatic heterocycles. The minimum atomic E-state index is -1.09. The number of likely N-dealkylation sites (N-methyl/N-ethyl adjacent to an activating group) is 1. The first kappa shape index (κ1) is 13.9. The maximum Gasteiger partial charge on any atom is 0.334 e. The smallest absolute Gasteiger partial charge is 0.334 e. The van der Waals surface area contributed by atoms with E-state index >= 15 is 0 Å². The Morgan fingerprint density at radius 1 is 1.35 bits per heavy atom. The maximum absolute atomic E-state index is 11.7. The van der Waals surface area contributed by atoms with E-state index in [1.165, 1.54) is 24.5 Å². The lowest BCUT2D eigenvalue weighted by Crippen LogP contribution is -2.30. The van der Waals surface area contributed by atoms with Gasteiger partial charge in [0.1, 0.15) is 0 Å². The Hall–Kier alpha value is -2.48. The molecular weight excluding hydrogens is 284 g/mol. The first-order valence-electron chi connectivity index (χ1n) is 5.52. The summed E-state index contributed by atoms with van der Waals surface area (Å²) in [6, 6.07) is 0.997. The van der Waals surface area contributed by atoms with Crippen LogP contribution >= 0.6 is 11.3 Å². The summed E-state index contributed by atoms with van der Waals surface area (Å²) in [5.74, 6) is -2.83. The van der Waals surface area contributed by atoms with Gasteiger partial charge in [0.15, 0.2) is 0 Å². The maximum atomic E-state index is 11.7. The highest BCUT2D eigenvalue weighted by atomic mass is 32.1. The SMILES string of the molecule is CN1C(=O)C(=O)N(Cc2sccc2C=CC(=O)O)C1=O. The Morgan fingerprint density at radius 2 is 2.05 bits per heavy atom. The van der Waals surface area contributed by atoms with Gasteiger partial charge in [0.2, 0.25) is 0 Å². The monoisotopic (exact) mass is 294 g/mol. The number of imide groups is 2. The number of thiophene rings is 1. The van der Waals surface area contributed by atoms with Crippen LogP contribution in [-0.2, 0) is 20.9 Å². The lowest BCUT2D eigenvalue weighted by atomic mass is 10.2. The molecule has 4 amide bonds. The second-order valence-electron chi connectivity index (χ2n) is 4.01. The van der Waals surface area contributed by atoms with Gasteiger partial charge >= 0.3 is 23.8 Å². The van der Waals surface area contributed by atoms with Gasteiger partial charge in [-0.15, -0.1) is 11.3 Å². The van der Waals surface area contributed by atoms with Crippen molar-refractivity contribution in [1.82, 2.24) is 9.80 Å². The predicted molar refractivity (Wildman–Crippen MR) is 69.7 cm³/mol. The topological polar surface area (TPSA) is 95.0 Å². The Labute approximate surface area is 117 Å². The third-order valence-electron chi connectivity index (χ3n) is 2.74. The van der Waals surface area contributed by atoms with E-state index in [0.717, 1.165) is 15.9 Å². The molecule has 2 heterocycles. The van der Waals surface area contributed by atoms with Crippen molar-refractivity contribution in [2.45, 2.75) is 6.54 Å². The van der Waals surface area contributed by atoms with E-state index in [2.05, 4.69) is 0 Å². The number of urea groups is 1. The molecule has 1 aromatic rings. The van der Waals surface area contributed by atoms with Crippen LogP contribution in [0.15, 0.2) is 17.5 Å². The van der Waals surface area contributed by atoms with Gasteiger partial charge in [0.25, 0.3) is 0 Å². The van der Waals surface area contributed by atoms with Crippen molar-refractivity contribution in [1.29, 1.82) is 0 Å². The number of aliphatic carboxylic acids is 1. The average Bonchev–Trinajstić information content (AvgIpc) is 2.92. The summed E-state index contributed by atoms with van der Waals surface area (Å²) in [6.07, 6.45) is 2.35. The zero-order chi connectivity index (χ0) is 14.9. The standard InChI is InChI=1S/C12H10N2O5S/c1-13-10(17)11(18)14(12(13)19)6-8-7(4-5-20-8)2-3-9(15)16/h2-5H,6H2,1H3,(H,15,16). The van der Waals surface area contributed by atoms with Crippen molar-refractivity contribution in [3.05, 3.63) is 28.0 Å². The molecule has 0 aromatic carbocycles. The van der Waals surface area contributed by atoms with E-state index in [9.17, 15) is 19.2 Å². The van der Waals surface area contributed by atoms with E-state index in [-0.39, 0.29) is 6.54 Å². The summed E-state index contributed by atoms with van der Waals surface area (Å²) in [6.45, 7) is -0.0509. The Morgan fingerprint density at radius 3 is 2.60 bits per heavy atom. The van der Waals surface area contributed by atoms with E-state index in [1.54, 1.807) is 11.4 Å². The van der Waals surface area contributed by atoms with Crippen molar-refractivity contribution in [3.63, 3.8) is 0 Å². The Balaban J connectivity index is 2.21. The lowest BCUT2D eigenvalue weighted by Gasteiger charge is -2.12. The highest BCUT2D eigenvalue weighted by Gasteiger charge is 2.42. The van der Waals surface area contributed by atoms with Gasteiger partial charge in [-0.2, -0.15) is 0 Å². The summed E-state index contributed by atoms with van der Waals surface area (Å²) in [5.41, 5.74) is 0.597. The second-order valence-corrected chi connectivity index (χ2v) is 5.01. The van der Waals surface area contributed by atoms with Crippen LogP contribution in [0.25, 0.3) is 6.08 Å². The van der Waals surface area contributed by atoms with Gasteiger partial charge < -0.3 is 5.11 Å². The van der Waals surface area contributed by atoms with Crippen molar-refractivity contribution in [2.24, 2.45) is 0 Å². The molecule has 0 spiro atoms. The quantitative estimate of drug-likeness (QED) is 0.502. The number of carboxylic acid groups (broad SMARTS) is 1. The normalized spacial score (nSPS) is 15.8. The van der Waals surface area contributed by atoms with Crippen molar-refractivity contribution in [2.75, 3.05) is 7.05 Å². The highest BCUT2D eigenvalue weighted by Crippen LogP contribution is 2.23. The molecule has 2 rings (SSSR count). The van der Waals surface area contributed by atoms with Gasteiger partial charge in [0, 0.05) is 18.0 Å². The third-order valence-corrected chi connectivity index (χ3v) is 3.66. The number of carbonyl (C=O) groups excluding carboxylic acids is 3. The van der Waals surface area contributed by atoms with Gasteiger partial charge in [0.05, 0.1) is 6.54 Å². The first-order valence-corrected chi connectivity index (χ1v) is 6.40. The Kier molecular flexibility index (Phi) is 3.66. The number of rotatable bonds is 4. The number of hydrogen-bond acceptors (Lipinski definition) is 5. The zero-order valence-corrected chi connectivity index (χ0v) is 11.2. The minimum Gasteiger partial charge on any atom is -0.478 e. The number of carboxylic acids is 1. The van der Waals surface area contributed by atoms with Gasteiger partial charge in [-0.05, 0) is 23.1 Å². The van der Waals surface area contributed by atoms with Crippen LogP contribution in [0.4, 0.5) is 4.79 Å². The average molecular weight is 294 g/mol. The first-order chi connectivity index (χ1) is 9.41. The van der Waals surface area contributed by atoms with Crippen LogP contribution in [0.5, 0.6) is 0 Å². The summed E-state index contributed by atoms with van der Waals surface area (Å²) in [5, 5.41) is 10.3. The van der Waals surface area contributed by atoms with Crippen molar-refractivity contribution < 1.29 is 24.3 Å². The third kappa shape index (κ3) is 2.45. The van der Waals surface area contributed by atoms with E-state index in [1.807, 2.05) is 0 Å². The predicted octanol–water partition coefficient (Wildman–Crippen LogP) is 0.767. The summed E-state index contributed by atoms with van der Waals surface area (Å²) >= 11 is 1.27. The van der Waals surface area contributed by atoms with E-state index in [0.29, 0.717) is 10.4 Å². The number of hydrogen-bond donors (Lipinski definition) is 1. The van der Waals surface area contributed by atoms with Crippen LogP contribution in [0.2, 0.25) is 0 Å². The van der Waals surface area contributed by atoms with Gasteiger partial charge in [-0.1, -0.05) is 0 Å². The summed E-state index contributed by atoms with van der Waals surface area (Å²) in [7, 11) is 1.24. The van der Waals surface area contributed by atoms with E-state index in [4.69, 9.17) is 5.11 Å². The molecule has 0 saturated carbocycles. The fourth-order valence-corrected chi connectivity index (χ4v) is 2.54. The highest BCUT2D eigenvalue weighted by molar-refractivity contribution is 7.10. The largest absolute Gasteiger partial charge is 0.478 e. The molecule has 1 saturated heterocycles. The molecule has 7 nitrogen and oxygen atoms in total. The van der Waals surface area contributed by atoms with Crippen molar-refractivity contribution >= 4 is 41.2 Å². The zero-order valence-electron chi connectivity index (χ0n) is 10.4. The minimum absolute atomic E-state index is 0.0509. The van der Waals surface area contributed by atoms with Crippen LogP contribution in [0.1, 0.15) is 10.4 Å². The molecule has 1 fully saturated rings. The van der Waals surface area contributed by atoms with Crippen LogP contribution in [0, 0.1) is 0 Å². The molecular formula is C12H10N2O5S. The fraction of sp³-hybridized carbons (Fsp3) is 0.167. The fourth-order valence-electron chi connectivity index (χ4n) is 1.69. The number of carbonyl (C=O) groups is 4. The molecule has 104 valence electrons. The molecule has 0 atom stereocenters. The molecule has 0 radical (unpaired) electrons. The van der Waals surface area contributed by atoms with Crippen LogP contribution in [-0.4, -0.2) is 45.8 Å². The molecule has 0 aliphatic carbocycles. The molecule has 8 heteroatoms. The second kappa shape index (κ2) is 5.25. The number of nitrogens with zero attached hydrogens (tertiary/aromatic N) is 2. The molecule has 1 aliphatic heterocycles.